The number of carbonyl (C=O) groups excluding carboxylic acids is 1. The van der Waals surface area contributed by atoms with Gasteiger partial charge in [0.1, 0.15) is 0 Å². The van der Waals surface area contributed by atoms with Gasteiger partial charge in [-0.1, -0.05) is 24.3 Å². The summed E-state index contributed by atoms with van der Waals surface area (Å²) >= 11 is 0. The van der Waals surface area contributed by atoms with Crippen LogP contribution in [0.2, 0.25) is 0 Å². The topological polar surface area (TPSA) is 70.9 Å². The second kappa shape index (κ2) is 6.58. The molecule has 4 heterocycles. The number of benzene rings is 1. The third-order valence-electron chi connectivity index (χ3n) is 6.17. The van der Waals surface area contributed by atoms with E-state index in [0.29, 0.717) is 24.9 Å². The molecular weight excluding hydrogens is 354 g/mol. The van der Waals surface area contributed by atoms with Gasteiger partial charge in [-0.2, -0.15) is 4.98 Å². The van der Waals surface area contributed by atoms with E-state index in [2.05, 4.69) is 32.0 Å². The number of fused-ring (bicyclic) bond motifs is 1. The van der Waals surface area contributed by atoms with Crippen LogP contribution in [0.4, 0.5) is 5.95 Å². The Morgan fingerprint density at radius 3 is 2.93 bits per heavy atom. The van der Waals surface area contributed by atoms with Crippen molar-refractivity contribution in [3.63, 3.8) is 0 Å². The Bertz CT molecular complexity index is 959. The summed E-state index contributed by atoms with van der Waals surface area (Å²) < 4.78 is 5.21. The Hall–Kier alpha value is -2.96. The van der Waals surface area contributed by atoms with Gasteiger partial charge in [0, 0.05) is 37.5 Å². The second-order valence-corrected chi connectivity index (χ2v) is 7.75. The highest BCUT2D eigenvalue weighted by Gasteiger charge is 2.51. The van der Waals surface area contributed by atoms with Crippen LogP contribution >= 0.6 is 0 Å². The van der Waals surface area contributed by atoms with Crippen molar-refractivity contribution in [1.82, 2.24) is 14.9 Å². The van der Waals surface area contributed by atoms with E-state index in [1.54, 1.807) is 19.4 Å². The fraction of sp³-hybridized carbons (Fsp3) is 0.429. The van der Waals surface area contributed by atoms with Crippen LogP contribution in [0, 0.1) is 5.41 Å². The van der Waals surface area contributed by atoms with Crippen molar-refractivity contribution in [3.05, 3.63) is 47.7 Å². The number of hydrogen-bond donors (Lipinski definition) is 0. The van der Waals surface area contributed by atoms with Crippen molar-refractivity contribution in [2.75, 3.05) is 38.2 Å². The van der Waals surface area contributed by atoms with Gasteiger partial charge in [0.2, 0.25) is 17.7 Å². The summed E-state index contributed by atoms with van der Waals surface area (Å²) in [6.45, 7) is 3.56. The minimum atomic E-state index is -0.328. The molecule has 5 rings (SSSR count). The number of likely N-dealkylation sites (tertiary alicyclic amines) is 1. The summed E-state index contributed by atoms with van der Waals surface area (Å²) in [6, 6.07) is 10.0. The van der Waals surface area contributed by atoms with Crippen LogP contribution in [-0.2, 0) is 11.3 Å². The van der Waals surface area contributed by atoms with Gasteiger partial charge in [-0.15, -0.1) is 0 Å². The number of hydrogen-bond acceptors (Lipinski definition) is 6. The summed E-state index contributed by atoms with van der Waals surface area (Å²) in [5.41, 5.74) is 3.15. The van der Waals surface area contributed by atoms with Gasteiger partial charge in [0.05, 0.1) is 31.3 Å². The number of anilines is 1. The molecule has 3 aliphatic heterocycles. The molecule has 2 saturated heterocycles. The second-order valence-electron chi connectivity index (χ2n) is 7.75. The average Bonchev–Trinajstić information content (AvgIpc) is 3.43. The third-order valence-corrected chi connectivity index (χ3v) is 6.17. The smallest absolute Gasteiger partial charge is 0.231 e. The molecule has 1 aromatic carbocycles. The third kappa shape index (κ3) is 2.73. The first-order valence-electron chi connectivity index (χ1n) is 9.71. The maximum absolute atomic E-state index is 13.3. The van der Waals surface area contributed by atoms with Gasteiger partial charge >= 0.3 is 0 Å². The van der Waals surface area contributed by atoms with Crippen molar-refractivity contribution in [3.8, 4) is 5.88 Å². The van der Waals surface area contributed by atoms with Crippen LogP contribution < -0.4 is 9.64 Å². The number of amides is 1. The normalized spacial score (nSPS) is 23.5. The molecule has 144 valence electrons. The lowest BCUT2D eigenvalue weighted by atomic mass is 9.85. The fourth-order valence-corrected chi connectivity index (χ4v) is 4.59. The molecule has 0 saturated carbocycles. The standard InChI is InChI=1S/C21H23N5O2/c1-28-18-6-9-22-20(24-18)26-11-8-21(14-26)7-10-25(19(21)27)13-17-16-5-3-2-4-15(16)12-23-17/h2-6,9H,7-8,10-14H2,1H3. The summed E-state index contributed by atoms with van der Waals surface area (Å²) in [5, 5.41) is 0. The Balaban J connectivity index is 1.30. The lowest BCUT2D eigenvalue weighted by Crippen LogP contribution is -2.39. The Kier molecular flexibility index (Phi) is 4.03. The summed E-state index contributed by atoms with van der Waals surface area (Å²) in [4.78, 5) is 30.9. The maximum atomic E-state index is 13.3. The molecular formula is C21H23N5O2. The zero-order valence-corrected chi connectivity index (χ0v) is 16.0. The predicted octanol–water partition coefficient (Wildman–Crippen LogP) is 1.92. The fourth-order valence-electron chi connectivity index (χ4n) is 4.59. The van der Waals surface area contributed by atoms with Crippen molar-refractivity contribution in [2.45, 2.75) is 19.4 Å². The van der Waals surface area contributed by atoms with Crippen molar-refractivity contribution in [2.24, 2.45) is 10.4 Å². The molecule has 0 aliphatic carbocycles. The van der Waals surface area contributed by atoms with Crippen LogP contribution in [0.3, 0.4) is 0 Å². The van der Waals surface area contributed by atoms with Crippen LogP contribution in [0.5, 0.6) is 5.88 Å². The number of nitrogens with zero attached hydrogens (tertiary/aromatic N) is 5. The van der Waals surface area contributed by atoms with Gasteiger partial charge in [-0.25, -0.2) is 4.98 Å². The van der Waals surface area contributed by atoms with Crippen molar-refractivity contribution >= 4 is 17.6 Å². The molecule has 1 amide bonds. The highest BCUT2D eigenvalue weighted by Crippen LogP contribution is 2.41. The molecule has 2 fully saturated rings. The molecule has 1 spiro atoms. The Labute approximate surface area is 164 Å². The van der Waals surface area contributed by atoms with Gasteiger partial charge in [0.25, 0.3) is 0 Å². The quantitative estimate of drug-likeness (QED) is 0.814. The molecule has 0 bridgehead atoms. The summed E-state index contributed by atoms with van der Waals surface area (Å²) in [5.74, 6) is 1.42. The van der Waals surface area contributed by atoms with E-state index < -0.39 is 0 Å². The maximum Gasteiger partial charge on any atom is 0.231 e. The van der Waals surface area contributed by atoms with Crippen LogP contribution in [0.25, 0.3) is 0 Å². The average molecular weight is 377 g/mol. The molecule has 1 aromatic heterocycles. The highest BCUT2D eigenvalue weighted by molar-refractivity contribution is 6.06. The summed E-state index contributed by atoms with van der Waals surface area (Å²) in [6.07, 6.45) is 3.41. The monoisotopic (exact) mass is 377 g/mol. The molecule has 1 unspecified atom stereocenters. The molecule has 28 heavy (non-hydrogen) atoms. The lowest BCUT2D eigenvalue weighted by molar-refractivity contribution is -0.134. The predicted molar refractivity (Wildman–Crippen MR) is 106 cm³/mol. The number of methoxy groups -OCH3 is 1. The van der Waals surface area contributed by atoms with Gasteiger partial charge in [0.15, 0.2) is 0 Å². The van der Waals surface area contributed by atoms with Crippen molar-refractivity contribution < 1.29 is 9.53 Å². The largest absolute Gasteiger partial charge is 0.481 e. The zero-order chi connectivity index (χ0) is 19.1. The first kappa shape index (κ1) is 17.2. The van der Waals surface area contributed by atoms with Gasteiger partial charge in [-0.05, 0) is 18.4 Å². The lowest BCUT2D eigenvalue weighted by Gasteiger charge is -2.24. The minimum Gasteiger partial charge on any atom is -0.481 e. The van der Waals surface area contributed by atoms with Crippen LogP contribution in [-0.4, -0.2) is 59.8 Å². The van der Waals surface area contributed by atoms with E-state index in [9.17, 15) is 4.79 Å². The first-order chi connectivity index (χ1) is 13.7. The van der Waals surface area contributed by atoms with E-state index in [0.717, 1.165) is 38.2 Å². The van der Waals surface area contributed by atoms with E-state index in [-0.39, 0.29) is 11.3 Å². The highest BCUT2D eigenvalue weighted by atomic mass is 16.5. The number of ether oxygens (including phenoxy) is 1. The summed E-state index contributed by atoms with van der Waals surface area (Å²) in [7, 11) is 1.60. The van der Waals surface area contributed by atoms with Gasteiger partial charge in [-0.3, -0.25) is 9.79 Å². The minimum absolute atomic E-state index is 0.241. The van der Waals surface area contributed by atoms with Gasteiger partial charge < -0.3 is 14.5 Å². The molecule has 0 N–H and O–H groups in total. The van der Waals surface area contributed by atoms with Crippen LogP contribution in [0.1, 0.15) is 24.0 Å². The number of rotatable bonds is 4. The molecule has 3 aliphatic rings. The number of aliphatic imine (C=N–C) groups is 1. The Morgan fingerprint density at radius 2 is 2.04 bits per heavy atom. The van der Waals surface area contributed by atoms with E-state index in [4.69, 9.17) is 4.74 Å². The van der Waals surface area contributed by atoms with Crippen LogP contribution in [0.15, 0.2) is 41.5 Å². The molecule has 0 radical (unpaired) electrons. The first-order valence-corrected chi connectivity index (χ1v) is 9.71. The SMILES string of the molecule is COc1ccnc(N2CCC3(CCN(CC4=NCc5ccccc54)C3=O)C2)n1. The molecule has 7 heteroatoms. The number of carbonyl (C=O) groups is 1. The van der Waals surface area contributed by atoms with E-state index in [1.807, 2.05) is 17.0 Å². The van der Waals surface area contributed by atoms with E-state index >= 15 is 0 Å². The molecule has 7 nitrogen and oxygen atoms in total. The zero-order valence-electron chi connectivity index (χ0n) is 16.0. The van der Waals surface area contributed by atoms with E-state index in [1.165, 1.54) is 11.1 Å². The Morgan fingerprint density at radius 1 is 1.18 bits per heavy atom. The molecule has 1 atom stereocenters. The molecule has 2 aromatic rings. The number of aromatic nitrogens is 2. The van der Waals surface area contributed by atoms with Crippen molar-refractivity contribution in [1.29, 1.82) is 0 Å².